The molecule has 0 N–H and O–H groups in total. The molecule has 1 aliphatic rings. The summed E-state index contributed by atoms with van der Waals surface area (Å²) < 4.78 is 7.75. The van der Waals surface area contributed by atoms with Crippen molar-refractivity contribution in [1.82, 2.24) is 29.9 Å². The largest absolute Gasteiger partial charge is 0.424 e. The van der Waals surface area contributed by atoms with Gasteiger partial charge in [-0.05, 0) is 6.92 Å². The lowest BCUT2D eigenvalue weighted by Crippen LogP contribution is -2.36. The van der Waals surface area contributed by atoms with Crippen molar-refractivity contribution < 1.29 is 4.42 Å². The smallest absolute Gasteiger partial charge is 0.233 e. The lowest BCUT2D eigenvalue weighted by atomic mass is 10.2. The molecule has 2 aromatic heterocycles. The third-order valence-electron chi connectivity index (χ3n) is 4.26. The number of fused-ring (bicyclic) bond motifs is 1. The number of rotatable bonds is 3. The molecule has 1 unspecified atom stereocenters. The Kier molecular flexibility index (Phi) is 3.42. The van der Waals surface area contributed by atoms with Crippen molar-refractivity contribution in [3.63, 3.8) is 0 Å². The lowest BCUT2D eigenvalue weighted by Gasteiger charge is -2.30. The molecule has 4 rings (SSSR count). The third-order valence-corrected chi connectivity index (χ3v) is 4.26. The summed E-state index contributed by atoms with van der Waals surface area (Å²) in [4.78, 5) is 2.28. The zero-order valence-corrected chi connectivity index (χ0v) is 13.2. The molecule has 0 saturated carbocycles. The highest BCUT2D eigenvalue weighted by atomic mass is 16.4. The van der Waals surface area contributed by atoms with E-state index in [2.05, 4.69) is 48.9 Å². The van der Waals surface area contributed by atoms with Crippen molar-refractivity contribution in [1.29, 1.82) is 0 Å². The van der Waals surface area contributed by atoms with Gasteiger partial charge in [-0.2, -0.15) is 0 Å². The molecule has 1 atom stereocenters. The van der Waals surface area contributed by atoms with E-state index in [0.717, 1.165) is 36.8 Å². The van der Waals surface area contributed by atoms with Crippen molar-refractivity contribution in [3.05, 3.63) is 47.9 Å². The van der Waals surface area contributed by atoms with Crippen LogP contribution in [0.1, 0.15) is 30.6 Å². The second kappa shape index (κ2) is 5.58. The summed E-state index contributed by atoms with van der Waals surface area (Å²) in [5, 5.41) is 16.8. The number of aromatic nitrogens is 5. The zero-order chi connectivity index (χ0) is 15.8. The second-order valence-corrected chi connectivity index (χ2v) is 5.76. The van der Waals surface area contributed by atoms with Crippen molar-refractivity contribution in [2.24, 2.45) is 0 Å². The molecule has 3 aromatic rings. The molecule has 0 bridgehead atoms. The fraction of sp³-hybridized carbons (Fsp3) is 0.375. The first-order valence-corrected chi connectivity index (χ1v) is 7.74. The summed E-state index contributed by atoms with van der Waals surface area (Å²) in [5.74, 6) is 3.15. The SMILES string of the molecule is Cc1nnc(C(C)N2CCn3c(nnc3-c3ccccc3)C2)o1. The van der Waals surface area contributed by atoms with Gasteiger partial charge in [-0.1, -0.05) is 30.3 Å². The predicted octanol–water partition coefficient (Wildman–Crippen LogP) is 2.21. The van der Waals surface area contributed by atoms with Gasteiger partial charge in [0.05, 0.1) is 12.6 Å². The van der Waals surface area contributed by atoms with Gasteiger partial charge in [-0.15, -0.1) is 20.4 Å². The molecule has 1 aliphatic heterocycles. The Morgan fingerprint density at radius 1 is 1.04 bits per heavy atom. The average Bonchev–Trinajstić information content (AvgIpc) is 3.20. The lowest BCUT2D eigenvalue weighted by molar-refractivity contribution is 0.142. The number of aryl methyl sites for hydroxylation is 1. The summed E-state index contributed by atoms with van der Waals surface area (Å²) >= 11 is 0. The Labute approximate surface area is 134 Å². The van der Waals surface area contributed by atoms with Crippen LogP contribution in [0.5, 0.6) is 0 Å². The first-order valence-electron chi connectivity index (χ1n) is 7.74. The Hall–Kier alpha value is -2.54. The van der Waals surface area contributed by atoms with E-state index in [1.807, 2.05) is 25.1 Å². The highest BCUT2D eigenvalue weighted by molar-refractivity contribution is 5.55. The van der Waals surface area contributed by atoms with Crippen LogP contribution in [-0.2, 0) is 13.1 Å². The van der Waals surface area contributed by atoms with E-state index in [9.17, 15) is 0 Å². The Bertz CT molecular complexity index is 809. The van der Waals surface area contributed by atoms with Crippen LogP contribution in [-0.4, -0.2) is 36.4 Å². The van der Waals surface area contributed by atoms with Crippen LogP contribution in [0.15, 0.2) is 34.7 Å². The number of hydrogen-bond donors (Lipinski definition) is 0. The first kappa shape index (κ1) is 14.1. The van der Waals surface area contributed by atoms with Gasteiger partial charge in [-0.25, -0.2) is 0 Å². The quantitative estimate of drug-likeness (QED) is 0.738. The van der Waals surface area contributed by atoms with Crippen LogP contribution >= 0.6 is 0 Å². The van der Waals surface area contributed by atoms with Crippen LogP contribution in [0.3, 0.4) is 0 Å². The fourth-order valence-electron chi connectivity index (χ4n) is 2.94. The van der Waals surface area contributed by atoms with Gasteiger partial charge >= 0.3 is 0 Å². The third kappa shape index (κ3) is 2.53. The molecule has 118 valence electrons. The molecular formula is C16H18N6O. The topological polar surface area (TPSA) is 72.9 Å². The summed E-state index contributed by atoms with van der Waals surface area (Å²) in [6.07, 6.45) is 0. The van der Waals surface area contributed by atoms with Crippen LogP contribution in [0, 0.1) is 6.92 Å². The van der Waals surface area contributed by atoms with Crippen molar-refractivity contribution >= 4 is 0 Å². The Morgan fingerprint density at radius 2 is 1.87 bits per heavy atom. The van der Waals surface area contributed by atoms with E-state index in [4.69, 9.17) is 4.42 Å². The van der Waals surface area contributed by atoms with E-state index in [1.54, 1.807) is 0 Å². The van der Waals surface area contributed by atoms with E-state index in [1.165, 1.54) is 0 Å². The number of benzene rings is 1. The van der Waals surface area contributed by atoms with Gasteiger partial charge in [0.2, 0.25) is 11.8 Å². The summed E-state index contributed by atoms with van der Waals surface area (Å²) in [6.45, 7) is 6.36. The van der Waals surface area contributed by atoms with Gasteiger partial charge < -0.3 is 8.98 Å². The molecular weight excluding hydrogens is 292 g/mol. The molecule has 7 heteroatoms. The van der Waals surface area contributed by atoms with E-state index >= 15 is 0 Å². The predicted molar refractivity (Wildman–Crippen MR) is 83.3 cm³/mol. The number of nitrogens with zero attached hydrogens (tertiary/aromatic N) is 6. The molecule has 0 saturated heterocycles. The minimum Gasteiger partial charge on any atom is -0.424 e. The van der Waals surface area contributed by atoms with E-state index in [0.29, 0.717) is 11.8 Å². The van der Waals surface area contributed by atoms with Crippen LogP contribution in [0.4, 0.5) is 0 Å². The summed E-state index contributed by atoms with van der Waals surface area (Å²) in [6, 6.07) is 10.2. The van der Waals surface area contributed by atoms with Gasteiger partial charge in [0.15, 0.2) is 5.82 Å². The van der Waals surface area contributed by atoms with Gasteiger partial charge in [-0.3, -0.25) is 4.90 Å². The molecule has 0 radical (unpaired) electrons. The van der Waals surface area contributed by atoms with Crippen molar-refractivity contribution in [2.75, 3.05) is 6.54 Å². The Morgan fingerprint density at radius 3 is 2.61 bits per heavy atom. The molecule has 7 nitrogen and oxygen atoms in total. The van der Waals surface area contributed by atoms with Crippen LogP contribution < -0.4 is 0 Å². The highest BCUT2D eigenvalue weighted by Crippen LogP contribution is 2.26. The minimum absolute atomic E-state index is 0.0711. The molecule has 1 aromatic carbocycles. The fourth-order valence-corrected chi connectivity index (χ4v) is 2.94. The zero-order valence-electron chi connectivity index (χ0n) is 13.2. The van der Waals surface area contributed by atoms with Gasteiger partial charge in [0, 0.05) is 25.6 Å². The van der Waals surface area contributed by atoms with E-state index < -0.39 is 0 Å². The minimum atomic E-state index is 0.0711. The van der Waals surface area contributed by atoms with Gasteiger partial charge in [0.1, 0.15) is 5.82 Å². The first-order chi connectivity index (χ1) is 11.2. The monoisotopic (exact) mass is 310 g/mol. The maximum atomic E-state index is 5.55. The van der Waals surface area contributed by atoms with Crippen molar-refractivity contribution in [3.8, 4) is 11.4 Å². The van der Waals surface area contributed by atoms with Crippen molar-refractivity contribution in [2.45, 2.75) is 33.0 Å². The van der Waals surface area contributed by atoms with Crippen LogP contribution in [0.2, 0.25) is 0 Å². The maximum Gasteiger partial charge on any atom is 0.233 e. The standard InChI is InChI=1S/C16H18N6O/c1-11(16-20-17-12(2)23-16)21-8-9-22-14(10-21)18-19-15(22)13-6-4-3-5-7-13/h3-7,11H,8-10H2,1-2H3. The highest BCUT2D eigenvalue weighted by Gasteiger charge is 2.27. The molecule has 0 fully saturated rings. The average molecular weight is 310 g/mol. The molecule has 0 aliphatic carbocycles. The summed E-state index contributed by atoms with van der Waals surface area (Å²) in [7, 11) is 0. The Balaban J connectivity index is 1.58. The maximum absolute atomic E-state index is 5.55. The second-order valence-electron chi connectivity index (χ2n) is 5.76. The van der Waals surface area contributed by atoms with Gasteiger partial charge in [0.25, 0.3) is 0 Å². The molecule has 0 spiro atoms. The molecule has 3 heterocycles. The molecule has 0 amide bonds. The summed E-state index contributed by atoms with van der Waals surface area (Å²) in [5.41, 5.74) is 1.10. The normalized spacial score (nSPS) is 16.3. The number of hydrogen-bond acceptors (Lipinski definition) is 6. The molecule has 23 heavy (non-hydrogen) atoms. The van der Waals surface area contributed by atoms with Crippen LogP contribution in [0.25, 0.3) is 11.4 Å². The van der Waals surface area contributed by atoms with E-state index in [-0.39, 0.29) is 6.04 Å².